The Kier molecular flexibility index (Phi) is 5.35. The maximum Gasteiger partial charge on any atom is 0.261 e. The number of hydrogen-bond acceptors (Lipinski definition) is 3. The number of aryl methyl sites for hydroxylation is 2. The van der Waals surface area contributed by atoms with Crippen molar-refractivity contribution < 1.29 is 9.59 Å². The molecule has 1 aromatic heterocycles. The molecule has 0 atom stereocenters. The van der Waals surface area contributed by atoms with Crippen molar-refractivity contribution in [3.05, 3.63) is 21.4 Å². The predicted octanol–water partition coefficient (Wildman–Crippen LogP) is 3.93. The molecule has 0 radical (unpaired) electrons. The topological polar surface area (TPSA) is 49.4 Å². The SMILES string of the molecule is O=C(NCC1(C(=O)N2CCC2)CCCC1)c1cc2c(s1)CCCCCC2. The Labute approximate surface area is 160 Å². The van der Waals surface area contributed by atoms with Crippen LogP contribution in [-0.2, 0) is 17.6 Å². The van der Waals surface area contributed by atoms with Gasteiger partial charge in [0.1, 0.15) is 0 Å². The molecule has 26 heavy (non-hydrogen) atoms. The summed E-state index contributed by atoms with van der Waals surface area (Å²) in [7, 11) is 0. The third-order valence-corrected chi connectivity index (χ3v) is 7.70. The molecule has 5 heteroatoms. The van der Waals surface area contributed by atoms with Crippen LogP contribution in [0.2, 0.25) is 0 Å². The highest BCUT2D eigenvalue weighted by atomic mass is 32.1. The van der Waals surface area contributed by atoms with Crippen molar-refractivity contribution in [2.24, 2.45) is 5.41 Å². The van der Waals surface area contributed by atoms with Gasteiger partial charge in [-0.15, -0.1) is 11.3 Å². The molecule has 142 valence electrons. The first-order chi connectivity index (χ1) is 12.7. The normalized spacial score (nSPS) is 22.1. The van der Waals surface area contributed by atoms with Crippen LogP contribution < -0.4 is 5.32 Å². The van der Waals surface area contributed by atoms with Crippen LogP contribution in [0.15, 0.2) is 6.07 Å². The van der Waals surface area contributed by atoms with E-state index in [0.29, 0.717) is 6.54 Å². The quantitative estimate of drug-likeness (QED) is 0.868. The summed E-state index contributed by atoms with van der Waals surface area (Å²) in [6.45, 7) is 2.29. The van der Waals surface area contributed by atoms with Gasteiger partial charge in [-0.25, -0.2) is 0 Å². The van der Waals surface area contributed by atoms with Gasteiger partial charge in [0.25, 0.3) is 5.91 Å². The second kappa shape index (κ2) is 7.71. The lowest BCUT2D eigenvalue weighted by molar-refractivity contribution is -0.145. The van der Waals surface area contributed by atoms with E-state index in [1.54, 1.807) is 11.3 Å². The van der Waals surface area contributed by atoms with Crippen LogP contribution >= 0.6 is 11.3 Å². The fraction of sp³-hybridized carbons (Fsp3) is 0.714. The molecule has 1 aliphatic heterocycles. The number of likely N-dealkylation sites (tertiary alicyclic amines) is 1. The summed E-state index contributed by atoms with van der Waals surface area (Å²) in [5.41, 5.74) is 1.04. The molecule has 4 rings (SSSR count). The van der Waals surface area contributed by atoms with E-state index in [-0.39, 0.29) is 17.2 Å². The summed E-state index contributed by atoms with van der Waals surface area (Å²) in [6, 6.07) is 2.11. The largest absolute Gasteiger partial charge is 0.350 e. The number of amides is 2. The maximum absolute atomic E-state index is 12.9. The van der Waals surface area contributed by atoms with Gasteiger partial charge in [0.15, 0.2) is 0 Å². The van der Waals surface area contributed by atoms with Crippen LogP contribution in [0.1, 0.15) is 77.9 Å². The zero-order chi connectivity index (χ0) is 18.0. The first kappa shape index (κ1) is 18.0. The standard InChI is InChI=1S/C21H30N2O2S/c24-19(18-14-16-8-3-1-2-4-9-17(16)26-18)22-15-21(10-5-6-11-21)20(25)23-12-7-13-23/h14H,1-13,15H2,(H,22,24). The Hall–Kier alpha value is -1.36. The average Bonchev–Trinajstić information content (AvgIpc) is 3.19. The number of rotatable bonds is 4. The number of carbonyl (C=O) groups is 2. The Balaban J connectivity index is 1.42. The molecule has 1 saturated heterocycles. The maximum atomic E-state index is 12.9. The molecule has 1 aromatic rings. The van der Waals surface area contributed by atoms with E-state index in [1.807, 2.05) is 4.90 Å². The Morgan fingerprint density at radius 2 is 1.73 bits per heavy atom. The van der Waals surface area contributed by atoms with E-state index in [4.69, 9.17) is 0 Å². The van der Waals surface area contributed by atoms with E-state index < -0.39 is 0 Å². The molecule has 1 saturated carbocycles. The Morgan fingerprint density at radius 1 is 1.00 bits per heavy atom. The highest BCUT2D eigenvalue weighted by Gasteiger charge is 2.44. The lowest BCUT2D eigenvalue weighted by atomic mass is 9.83. The number of carbonyl (C=O) groups excluding carboxylic acids is 2. The summed E-state index contributed by atoms with van der Waals surface area (Å²) in [5, 5.41) is 3.13. The summed E-state index contributed by atoms with van der Waals surface area (Å²) >= 11 is 1.67. The van der Waals surface area contributed by atoms with E-state index >= 15 is 0 Å². The van der Waals surface area contributed by atoms with Crippen molar-refractivity contribution in [3.8, 4) is 0 Å². The Bertz CT molecular complexity index is 646. The number of nitrogens with zero attached hydrogens (tertiary/aromatic N) is 1. The van der Waals surface area contributed by atoms with Gasteiger partial charge in [-0.2, -0.15) is 0 Å². The van der Waals surface area contributed by atoms with E-state index in [9.17, 15) is 9.59 Å². The lowest BCUT2D eigenvalue weighted by Crippen LogP contribution is -2.53. The average molecular weight is 375 g/mol. The van der Waals surface area contributed by atoms with Crippen molar-refractivity contribution in [2.45, 2.75) is 70.6 Å². The predicted molar refractivity (Wildman–Crippen MR) is 105 cm³/mol. The van der Waals surface area contributed by atoms with Gasteiger partial charge in [-0.1, -0.05) is 25.7 Å². The second-order valence-electron chi connectivity index (χ2n) is 8.29. The van der Waals surface area contributed by atoms with Gasteiger partial charge in [0, 0.05) is 24.5 Å². The van der Waals surface area contributed by atoms with Crippen molar-refractivity contribution >= 4 is 23.2 Å². The number of nitrogens with one attached hydrogen (secondary N) is 1. The highest BCUT2D eigenvalue weighted by molar-refractivity contribution is 7.14. The molecule has 2 amide bonds. The number of hydrogen-bond donors (Lipinski definition) is 1. The summed E-state index contributed by atoms with van der Waals surface area (Å²) in [5.74, 6) is 0.296. The first-order valence-corrected chi connectivity index (χ1v) is 11.2. The van der Waals surface area contributed by atoms with Crippen molar-refractivity contribution in [1.82, 2.24) is 10.2 Å². The number of thiophene rings is 1. The minimum Gasteiger partial charge on any atom is -0.350 e. The van der Waals surface area contributed by atoms with E-state index in [0.717, 1.165) is 62.9 Å². The molecule has 1 N–H and O–H groups in total. The van der Waals surface area contributed by atoms with Crippen molar-refractivity contribution in [3.63, 3.8) is 0 Å². The van der Waals surface area contributed by atoms with Crippen molar-refractivity contribution in [1.29, 1.82) is 0 Å². The molecule has 2 fully saturated rings. The van der Waals surface area contributed by atoms with Crippen molar-refractivity contribution in [2.75, 3.05) is 19.6 Å². The van der Waals surface area contributed by atoms with Gasteiger partial charge < -0.3 is 10.2 Å². The Morgan fingerprint density at radius 3 is 2.42 bits per heavy atom. The summed E-state index contributed by atoms with van der Waals surface area (Å²) < 4.78 is 0. The summed E-state index contributed by atoms with van der Waals surface area (Å²) in [6.07, 6.45) is 12.5. The fourth-order valence-corrected chi connectivity index (χ4v) is 5.84. The van der Waals surface area contributed by atoms with Gasteiger partial charge in [0.05, 0.1) is 10.3 Å². The van der Waals surface area contributed by atoms with Crippen LogP contribution in [0.3, 0.4) is 0 Å². The lowest BCUT2D eigenvalue weighted by Gasteiger charge is -2.39. The monoisotopic (exact) mass is 374 g/mol. The first-order valence-electron chi connectivity index (χ1n) is 10.4. The molecule has 0 aromatic carbocycles. The molecule has 4 nitrogen and oxygen atoms in total. The van der Waals surface area contributed by atoms with Crippen LogP contribution in [0.25, 0.3) is 0 Å². The molecular formula is C21H30N2O2S. The van der Waals surface area contributed by atoms with Gasteiger partial charge in [-0.05, 0) is 56.6 Å². The molecule has 0 unspecified atom stereocenters. The molecule has 2 heterocycles. The minimum absolute atomic E-state index is 0.0180. The van der Waals surface area contributed by atoms with Crippen LogP contribution in [0.5, 0.6) is 0 Å². The summed E-state index contributed by atoms with van der Waals surface area (Å²) in [4.78, 5) is 29.9. The second-order valence-corrected chi connectivity index (χ2v) is 9.43. The minimum atomic E-state index is -0.345. The molecule has 0 bridgehead atoms. The molecular weight excluding hydrogens is 344 g/mol. The third-order valence-electron chi connectivity index (χ3n) is 6.47. The van der Waals surface area contributed by atoms with Crippen LogP contribution in [0.4, 0.5) is 0 Å². The fourth-order valence-electron chi connectivity index (χ4n) is 4.67. The van der Waals surface area contributed by atoms with E-state index in [2.05, 4.69) is 11.4 Å². The number of fused-ring (bicyclic) bond motifs is 1. The van der Waals surface area contributed by atoms with Crippen LogP contribution in [-0.4, -0.2) is 36.3 Å². The smallest absolute Gasteiger partial charge is 0.261 e. The zero-order valence-corrected chi connectivity index (χ0v) is 16.5. The highest BCUT2D eigenvalue weighted by Crippen LogP contribution is 2.40. The van der Waals surface area contributed by atoms with Gasteiger partial charge >= 0.3 is 0 Å². The molecule has 3 aliphatic rings. The molecule has 2 aliphatic carbocycles. The molecule has 0 spiro atoms. The zero-order valence-electron chi connectivity index (χ0n) is 15.6. The van der Waals surface area contributed by atoms with Gasteiger partial charge in [0.2, 0.25) is 5.91 Å². The van der Waals surface area contributed by atoms with E-state index in [1.165, 1.54) is 36.1 Å². The third kappa shape index (κ3) is 3.55. The van der Waals surface area contributed by atoms with Gasteiger partial charge in [-0.3, -0.25) is 9.59 Å². The van der Waals surface area contributed by atoms with Crippen LogP contribution in [0, 0.1) is 5.41 Å².